The molecule has 31 heavy (non-hydrogen) atoms. The van der Waals surface area contributed by atoms with Crippen LogP contribution in [-0.2, 0) is 9.59 Å². The number of benzene rings is 2. The molecule has 1 amide bonds. The molecule has 8 heteroatoms. The third-order valence-electron chi connectivity index (χ3n) is 4.96. The molecule has 1 aliphatic rings. The van der Waals surface area contributed by atoms with Crippen molar-refractivity contribution < 1.29 is 24.5 Å². The summed E-state index contributed by atoms with van der Waals surface area (Å²) in [5.41, 5.74) is 7.08. The van der Waals surface area contributed by atoms with Crippen LogP contribution < -0.4 is 15.8 Å². The van der Waals surface area contributed by atoms with E-state index in [4.69, 9.17) is 10.5 Å². The molecule has 0 spiro atoms. The van der Waals surface area contributed by atoms with E-state index < -0.39 is 18.0 Å². The number of carbonyl (C=O) groups is 2. The van der Waals surface area contributed by atoms with Crippen LogP contribution in [0.5, 0.6) is 11.5 Å². The van der Waals surface area contributed by atoms with Gasteiger partial charge in [0.05, 0.1) is 6.34 Å². The van der Waals surface area contributed by atoms with E-state index in [9.17, 15) is 19.8 Å². The van der Waals surface area contributed by atoms with E-state index in [1.165, 1.54) is 24.5 Å². The molecule has 1 heterocycles. The molecule has 0 aromatic heterocycles. The Morgan fingerprint density at radius 2 is 1.94 bits per heavy atom. The zero-order valence-electron chi connectivity index (χ0n) is 16.9. The maximum Gasteiger partial charge on any atom is 0.315 e. The minimum Gasteiger partial charge on any atom is -0.508 e. The van der Waals surface area contributed by atoms with Crippen molar-refractivity contribution in [1.82, 2.24) is 5.32 Å². The highest BCUT2D eigenvalue weighted by Gasteiger charge is 2.40. The standard InChI is InChI=1S/C23H25N3O5/c24-14-25-11-1-2-12-26-20(28)10-4-15-3-9-19-18(13-15)21(23(29)30)22(31-19)16-5-7-17(27)8-6-16/h3-10,13-14,21-22,27H,1-2,11-12H2,(H2,24,25)(H,26,28)(H,29,30)/b10-4+. The first-order chi connectivity index (χ1) is 15.0. The Morgan fingerprint density at radius 3 is 2.65 bits per heavy atom. The SMILES string of the molecule is NC=NCCCCNC(=O)/C=C/c1ccc2c(c1)C(C(=O)O)C(c1ccc(O)cc1)O2. The fraction of sp³-hybridized carbons (Fsp3) is 0.261. The molecule has 3 rings (SSSR count). The van der Waals surface area contributed by atoms with Gasteiger partial charge in [0.2, 0.25) is 5.91 Å². The molecule has 8 nitrogen and oxygen atoms in total. The fourth-order valence-electron chi connectivity index (χ4n) is 3.42. The van der Waals surface area contributed by atoms with E-state index in [-0.39, 0.29) is 11.7 Å². The molecule has 2 unspecified atom stereocenters. The second kappa shape index (κ2) is 10.3. The number of carboxylic acid groups (broad SMARTS) is 1. The van der Waals surface area contributed by atoms with Crippen LogP contribution in [0.2, 0.25) is 0 Å². The number of aromatic hydroxyl groups is 1. The number of hydrogen-bond donors (Lipinski definition) is 4. The molecule has 2 atom stereocenters. The molecule has 0 bridgehead atoms. The summed E-state index contributed by atoms with van der Waals surface area (Å²) in [6.07, 6.45) is 5.27. The summed E-state index contributed by atoms with van der Waals surface area (Å²) in [4.78, 5) is 27.9. The Balaban J connectivity index is 1.66. The van der Waals surface area contributed by atoms with E-state index in [0.29, 0.717) is 35.5 Å². The number of aliphatic carboxylic acids is 1. The van der Waals surface area contributed by atoms with E-state index in [1.807, 2.05) is 0 Å². The number of hydrogen-bond acceptors (Lipinski definition) is 5. The highest BCUT2D eigenvalue weighted by Crippen LogP contribution is 2.46. The predicted molar refractivity (Wildman–Crippen MR) is 117 cm³/mol. The van der Waals surface area contributed by atoms with Crippen molar-refractivity contribution in [2.45, 2.75) is 24.9 Å². The van der Waals surface area contributed by atoms with Gasteiger partial charge in [0, 0.05) is 24.7 Å². The molecule has 2 aromatic carbocycles. The number of nitrogens with zero attached hydrogens (tertiary/aromatic N) is 1. The lowest BCUT2D eigenvalue weighted by atomic mass is 9.90. The number of nitrogens with two attached hydrogens (primary N) is 1. The van der Waals surface area contributed by atoms with Gasteiger partial charge in [-0.2, -0.15) is 0 Å². The van der Waals surface area contributed by atoms with Gasteiger partial charge in [0.15, 0.2) is 0 Å². The van der Waals surface area contributed by atoms with E-state index in [0.717, 1.165) is 12.8 Å². The first-order valence-electron chi connectivity index (χ1n) is 9.98. The molecular formula is C23H25N3O5. The number of aliphatic imine (C=N–C) groups is 1. The number of phenolic OH excluding ortho intramolecular Hbond substituents is 1. The fourth-order valence-corrected chi connectivity index (χ4v) is 3.42. The Bertz CT molecular complexity index is 985. The van der Waals surface area contributed by atoms with Crippen molar-refractivity contribution in [1.29, 1.82) is 0 Å². The quantitative estimate of drug-likeness (QED) is 0.212. The molecule has 0 saturated heterocycles. The third kappa shape index (κ3) is 5.63. The summed E-state index contributed by atoms with van der Waals surface area (Å²) in [7, 11) is 0. The summed E-state index contributed by atoms with van der Waals surface area (Å²) in [5, 5.41) is 22.1. The lowest BCUT2D eigenvalue weighted by Crippen LogP contribution is -2.22. The van der Waals surface area contributed by atoms with Crippen molar-refractivity contribution in [3.63, 3.8) is 0 Å². The maximum absolute atomic E-state index is 12.0. The zero-order chi connectivity index (χ0) is 22.2. The van der Waals surface area contributed by atoms with Crippen LogP contribution in [0.1, 0.15) is 41.6 Å². The number of phenols is 1. The minimum atomic E-state index is -1.00. The molecule has 0 radical (unpaired) electrons. The van der Waals surface area contributed by atoms with Crippen molar-refractivity contribution in [3.8, 4) is 11.5 Å². The van der Waals surface area contributed by atoms with Gasteiger partial charge in [0.1, 0.15) is 23.5 Å². The highest BCUT2D eigenvalue weighted by atomic mass is 16.5. The van der Waals surface area contributed by atoms with Crippen LogP contribution in [0.4, 0.5) is 0 Å². The first kappa shape index (κ1) is 21.9. The summed E-state index contributed by atoms with van der Waals surface area (Å²) in [6, 6.07) is 11.5. The highest BCUT2D eigenvalue weighted by molar-refractivity contribution is 5.91. The molecule has 0 saturated carbocycles. The van der Waals surface area contributed by atoms with Crippen LogP contribution in [0.15, 0.2) is 53.5 Å². The maximum atomic E-state index is 12.0. The van der Waals surface area contributed by atoms with Crippen LogP contribution in [0.25, 0.3) is 6.08 Å². The number of amides is 1. The van der Waals surface area contributed by atoms with Crippen LogP contribution in [0, 0.1) is 0 Å². The van der Waals surface area contributed by atoms with Crippen molar-refractivity contribution >= 4 is 24.3 Å². The number of carbonyl (C=O) groups excluding carboxylic acids is 1. The average molecular weight is 423 g/mol. The third-order valence-corrected chi connectivity index (χ3v) is 4.96. The number of unbranched alkanes of at least 4 members (excludes halogenated alkanes) is 1. The molecule has 162 valence electrons. The Kier molecular flexibility index (Phi) is 7.26. The van der Waals surface area contributed by atoms with Gasteiger partial charge in [-0.3, -0.25) is 14.6 Å². The Hall–Kier alpha value is -3.81. The number of carboxylic acids is 1. The van der Waals surface area contributed by atoms with Crippen molar-refractivity contribution in [2.75, 3.05) is 13.1 Å². The molecule has 2 aromatic rings. The molecule has 0 aliphatic carbocycles. The lowest BCUT2D eigenvalue weighted by Gasteiger charge is -2.16. The molecule has 0 fully saturated rings. The van der Waals surface area contributed by atoms with Gasteiger partial charge in [-0.15, -0.1) is 0 Å². The number of rotatable bonds is 9. The van der Waals surface area contributed by atoms with Gasteiger partial charge in [0.25, 0.3) is 0 Å². The largest absolute Gasteiger partial charge is 0.508 e. The Morgan fingerprint density at radius 1 is 1.16 bits per heavy atom. The normalized spacial score (nSPS) is 17.5. The average Bonchev–Trinajstić information content (AvgIpc) is 3.14. The smallest absolute Gasteiger partial charge is 0.315 e. The van der Waals surface area contributed by atoms with Gasteiger partial charge in [-0.05, 0) is 54.3 Å². The van der Waals surface area contributed by atoms with E-state index in [2.05, 4.69) is 10.3 Å². The molecule has 5 N–H and O–H groups in total. The Labute approximate surface area is 180 Å². The lowest BCUT2D eigenvalue weighted by molar-refractivity contribution is -0.140. The number of fused-ring (bicyclic) bond motifs is 1. The van der Waals surface area contributed by atoms with E-state index >= 15 is 0 Å². The number of ether oxygens (including phenoxy) is 1. The van der Waals surface area contributed by atoms with Gasteiger partial charge >= 0.3 is 5.97 Å². The first-order valence-corrected chi connectivity index (χ1v) is 9.98. The van der Waals surface area contributed by atoms with Crippen LogP contribution in [-0.4, -0.2) is 41.5 Å². The van der Waals surface area contributed by atoms with Gasteiger partial charge < -0.3 is 26.0 Å². The second-order valence-electron chi connectivity index (χ2n) is 7.13. The minimum absolute atomic E-state index is 0.0981. The summed E-state index contributed by atoms with van der Waals surface area (Å²) in [6.45, 7) is 1.17. The summed E-state index contributed by atoms with van der Waals surface area (Å²) in [5.74, 6) is -1.53. The van der Waals surface area contributed by atoms with Crippen LogP contribution in [0.3, 0.4) is 0 Å². The zero-order valence-corrected chi connectivity index (χ0v) is 16.9. The molecular weight excluding hydrogens is 398 g/mol. The van der Waals surface area contributed by atoms with Gasteiger partial charge in [-0.1, -0.05) is 18.2 Å². The predicted octanol–water partition coefficient (Wildman–Crippen LogP) is 2.59. The van der Waals surface area contributed by atoms with Crippen molar-refractivity contribution in [2.24, 2.45) is 10.7 Å². The van der Waals surface area contributed by atoms with E-state index in [1.54, 1.807) is 36.4 Å². The second-order valence-corrected chi connectivity index (χ2v) is 7.13. The summed E-state index contributed by atoms with van der Waals surface area (Å²) < 4.78 is 5.90. The molecule has 1 aliphatic heterocycles. The number of nitrogens with one attached hydrogen (secondary N) is 1. The summed E-state index contributed by atoms with van der Waals surface area (Å²) >= 11 is 0. The van der Waals surface area contributed by atoms with Crippen LogP contribution >= 0.6 is 0 Å². The topological polar surface area (TPSA) is 134 Å². The van der Waals surface area contributed by atoms with Crippen molar-refractivity contribution in [3.05, 3.63) is 65.2 Å². The monoisotopic (exact) mass is 423 g/mol. The van der Waals surface area contributed by atoms with Gasteiger partial charge in [-0.25, -0.2) is 0 Å².